The zero-order valence-electron chi connectivity index (χ0n) is 20.4. The Kier molecular flexibility index (Phi) is 8.43. The van der Waals surface area contributed by atoms with E-state index in [4.69, 9.17) is 9.47 Å². The molecule has 0 saturated carbocycles. The van der Waals surface area contributed by atoms with Crippen molar-refractivity contribution in [2.24, 2.45) is 0 Å². The third-order valence-electron chi connectivity index (χ3n) is 5.50. The molecule has 0 fully saturated rings. The number of nitrogens with one attached hydrogen (secondary N) is 1. The quantitative estimate of drug-likeness (QED) is 0.285. The van der Waals surface area contributed by atoms with Crippen molar-refractivity contribution in [3.63, 3.8) is 0 Å². The van der Waals surface area contributed by atoms with Gasteiger partial charge in [0, 0.05) is 12.2 Å². The normalized spacial score (nSPS) is 10.9. The van der Waals surface area contributed by atoms with Crippen molar-refractivity contribution >= 4 is 27.3 Å². The number of hydrogen-bond acceptors (Lipinski definition) is 5. The molecule has 8 heteroatoms. The van der Waals surface area contributed by atoms with Gasteiger partial charge >= 0.3 is 0 Å². The lowest BCUT2D eigenvalue weighted by atomic mass is 10.2. The Bertz CT molecular complexity index is 1390. The SMILES string of the molecule is CCN(c1ccc(OCC(=O)Nc2ccc(OCc3ccccc3)cc2)cc1)S(=O)(=O)c1ccccc1. The number of carbonyl (C=O) groups is 1. The summed E-state index contributed by atoms with van der Waals surface area (Å²) in [5.74, 6) is 0.842. The van der Waals surface area contributed by atoms with Crippen LogP contribution < -0.4 is 19.1 Å². The molecule has 0 aliphatic carbocycles. The van der Waals surface area contributed by atoms with Crippen LogP contribution in [-0.4, -0.2) is 27.5 Å². The maximum atomic E-state index is 13.0. The van der Waals surface area contributed by atoms with Crippen LogP contribution in [0.15, 0.2) is 114 Å². The molecule has 4 aromatic rings. The van der Waals surface area contributed by atoms with E-state index in [0.717, 1.165) is 5.56 Å². The molecule has 0 spiro atoms. The lowest BCUT2D eigenvalue weighted by Crippen LogP contribution is -2.30. The molecule has 190 valence electrons. The number of anilines is 2. The topological polar surface area (TPSA) is 84.9 Å². The fourth-order valence-electron chi connectivity index (χ4n) is 3.64. The van der Waals surface area contributed by atoms with Gasteiger partial charge in [-0.3, -0.25) is 9.10 Å². The maximum Gasteiger partial charge on any atom is 0.264 e. The molecule has 0 saturated heterocycles. The Balaban J connectivity index is 1.28. The molecule has 1 amide bonds. The smallest absolute Gasteiger partial charge is 0.264 e. The van der Waals surface area contributed by atoms with E-state index in [1.807, 2.05) is 30.3 Å². The summed E-state index contributed by atoms with van der Waals surface area (Å²) in [5, 5.41) is 2.78. The van der Waals surface area contributed by atoms with Crippen LogP contribution in [0.4, 0.5) is 11.4 Å². The number of ether oxygens (including phenoxy) is 2. The molecular formula is C29H28N2O5S. The highest BCUT2D eigenvalue weighted by Gasteiger charge is 2.23. The van der Waals surface area contributed by atoms with E-state index in [1.165, 1.54) is 4.31 Å². The standard InChI is InChI=1S/C29H28N2O5S/c1-2-31(37(33,34)28-11-7-4-8-12-28)25-15-19-27(20-16-25)36-22-29(32)30-24-13-17-26(18-14-24)35-21-23-9-5-3-6-10-23/h3-20H,2,21-22H2,1H3,(H,30,32). The molecule has 4 rings (SSSR count). The van der Waals surface area contributed by atoms with E-state index in [-0.39, 0.29) is 24.0 Å². The first-order valence-electron chi connectivity index (χ1n) is 11.8. The molecule has 4 aromatic carbocycles. The van der Waals surface area contributed by atoms with Gasteiger partial charge in [-0.05, 0) is 73.2 Å². The van der Waals surface area contributed by atoms with Gasteiger partial charge in [0.15, 0.2) is 6.61 Å². The average molecular weight is 517 g/mol. The van der Waals surface area contributed by atoms with E-state index < -0.39 is 10.0 Å². The predicted molar refractivity (Wildman–Crippen MR) is 144 cm³/mol. The summed E-state index contributed by atoms with van der Waals surface area (Å²) < 4.78 is 38.7. The number of rotatable bonds is 11. The van der Waals surface area contributed by atoms with E-state index >= 15 is 0 Å². The molecule has 37 heavy (non-hydrogen) atoms. The predicted octanol–water partition coefficient (Wildman–Crippen LogP) is 5.50. The van der Waals surface area contributed by atoms with Crippen LogP contribution in [0.5, 0.6) is 11.5 Å². The molecular weight excluding hydrogens is 488 g/mol. The van der Waals surface area contributed by atoms with Crippen molar-refractivity contribution in [1.82, 2.24) is 0 Å². The van der Waals surface area contributed by atoms with Gasteiger partial charge in [-0.1, -0.05) is 48.5 Å². The molecule has 0 unspecified atom stereocenters. The Morgan fingerprint density at radius 1 is 0.757 bits per heavy atom. The van der Waals surface area contributed by atoms with Crippen LogP contribution in [0.2, 0.25) is 0 Å². The monoisotopic (exact) mass is 516 g/mol. The van der Waals surface area contributed by atoms with Crippen molar-refractivity contribution in [3.05, 3.63) is 115 Å². The Hall–Kier alpha value is -4.30. The van der Waals surface area contributed by atoms with Gasteiger partial charge in [-0.25, -0.2) is 8.42 Å². The lowest BCUT2D eigenvalue weighted by Gasteiger charge is -2.23. The fourth-order valence-corrected chi connectivity index (χ4v) is 5.14. The highest BCUT2D eigenvalue weighted by Crippen LogP contribution is 2.25. The van der Waals surface area contributed by atoms with Gasteiger partial charge in [0.2, 0.25) is 0 Å². The first-order valence-corrected chi connectivity index (χ1v) is 13.3. The van der Waals surface area contributed by atoms with Gasteiger partial charge in [0.1, 0.15) is 18.1 Å². The lowest BCUT2D eigenvalue weighted by molar-refractivity contribution is -0.118. The summed E-state index contributed by atoms with van der Waals surface area (Å²) in [5.41, 5.74) is 2.21. The molecule has 0 aromatic heterocycles. The van der Waals surface area contributed by atoms with Crippen molar-refractivity contribution in [2.75, 3.05) is 22.8 Å². The number of nitrogens with zero attached hydrogens (tertiary/aromatic N) is 1. The number of hydrogen-bond donors (Lipinski definition) is 1. The van der Waals surface area contributed by atoms with E-state index in [1.54, 1.807) is 85.8 Å². The number of sulfonamides is 1. The molecule has 0 aliphatic rings. The second-order valence-electron chi connectivity index (χ2n) is 8.11. The number of amides is 1. The van der Waals surface area contributed by atoms with Crippen LogP contribution >= 0.6 is 0 Å². The molecule has 0 bridgehead atoms. The van der Waals surface area contributed by atoms with Crippen LogP contribution in [0.3, 0.4) is 0 Å². The summed E-state index contributed by atoms with van der Waals surface area (Å²) in [4.78, 5) is 12.6. The van der Waals surface area contributed by atoms with Crippen molar-refractivity contribution in [2.45, 2.75) is 18.4 Å². The van der Waals surface area contributed by atoms with Gasteiger partial charge in [0.25, 0.3) is 15.9 Å². The third kappa shape index (κ3) is 6.89. The van der Waals surface area contributed by atoms with E-state index in [0.29, 0.717) is 29.5 Å². The van der Waals surface area contributed by atoms with Crippen molar-refractivity contribution < 1.29 is 22.7 Å². The largest absolute Gasteiger partial charge is 0.489 e. The maximum absolute atomic E-state index is 13.0. The zero-order chi connectivity index (χ0) is 26.1. The molecule has 1 N–H and O–H groups in total. The van der Waals surface area contributed by atoms with Gasteiger partial charge in [-0.2, -0.15) is 0 Å². The minimum atomic E-state index is -3.68. The van der Waals surface area contributed by atoms with Crippen molar-refractivity contribution in [3.8, 4) is 11.5 Å². The first kappa shape index (κ1) is 25.8. The van der Waals surface area contributed by atoms with E-state index in [2.05, 4.69) is 5.32 Å². The summed E-state index contributed by atoms with van der Waals surface area (Å²) in [6.45, 7) is 2.33. The highest BCUT2D eigenvalue weighted by molar-refractivity contribution is 7.92. The van der Waals surface area contributed by atoms with E-state index in [9.17, 15) is 13.2 Å². The summed E-state index contributed by atoms with van der Waals surface area (Å²) in [6.07, 6.45) is 0. The summed E-state index contributed by atoms with van der Waals surface area (Å²) in [7, 11) is -3.68. The zero-order valence-corrected chi connectivity index (χ0v) is 21.2. The summed E-state index contributed by atoms with van der Waals surface area (Å²) in [6, 6.07) is 31.9. The number of benzene rings is 4. The summed E-state index contributed by atoms with van der Waals surface area (Å²) >= 11 is 0. The third-order valence-corrected chi connectivity index (χ3v) is 7.42. The number of carbonyl (C=O) groups excluding carboxylic acids is 1. The van der Waals surface area contributed by atoms with Gasteiger partial charge in [-0.15, -0.1) is 0 Å². The molecule has 0 atom stereocenters. The Labute approximate surface area is 217 Å². The second kappa shape index (κ2) is 12.1. The van der Waals surface area contributed by atoms with Gasteiger partial charge in [0.05, 0.1) is 10.6 Å². The second-order valence-corrected chi connectivity index (χ2v) is 9.97. The Morgan fingerprint density at radius 3 is 1.95 bits per heavy atom. The fraction of sp³-hybridized carbons (Fsp3) is 0.138. The first-order chi connectivity index (χ1) is 18.0. The molecule has 0 heterocycles. The Morgan fingerprint density at radius 2 is 1.32 bits per heavy atom. The molecule has 0 aliphatic heterocycles. The van der Waals surface area contributed by atoms with Crippen LogP contribution in [0.1, 0.15) is 12.5 Å². The van der Waals surface area contributed by atoms with Crippen LogP contribution in [0.25, 0.3) is 0 Å². The van der Waals surface area contributed by atoms with Crippen molar-refractivity contribution in [1.29, 1.82) is 0 Å². The van der Waals surface area contributed by atoms with Gasteiger partial charge < -0.3 is 14.8 Å². The van der Waals surface area contributed by atoms with Crippen LogP contribution in [-0.2, 0) is 21.4 Å². The molecule has 0 radical (unpaired) electrons. The minimum absolute atomic E-state index is 0.189. The minimum Gasteiger partial charge on any atom is -0.489 e. The van der Waals surface area contributed by atoms with Crippen LogP contribution in [0, 0.1) is 0 Å². The molecule has 7 nitrogen and oxygen atoms in total. The highest BCUT2D eigenvalue weighted by atomic mass is 32.2. The average Bonchev–Trinajstić information content (AvgIpc) is 2.93.